The van der Waals surface area contributed by atoms with Crippen molar-refractivity contribution < 1.29 is 29.1 Å². The second-order valence-corrected chi connectivity index (χ2v) is 5.35. The van der Waals surface area contributed by atoms with E-state index in [0.29, 0.717) is 19.4 Å². The standard InChI is InChI=1S/C13H21N5O6/c14-7(4-9(15)19)12(22)17-5-10(20)16-6-11(21)18-3-1-2-8(18)13(23)24/h7-8H,1-6,14H2,(H2,15,19)(H,16,20)(H,17,22)(H,23,24)/t7-,8-/m0/s1. The molecule has 1 aliphatic heterocycles. The molecule has 0 aromatic carbocycles. The Morgan fingerprint density at radius 3 is 2.42 bits per heavy atom. The number of rotatable bonds is 8. The molecule has 1 heterocycles. The Morgan fingerprint density at radius 1 is 1.17 bits per heavy atom. The molecule has 0 spiro atoms. The zero-order valence-corrected chi connectivity index (χ0v) is 13.0. The summed E-state index contributed by atoms with van der Waals surface area (Å²) in [5, 5.41) is 13.5. The van der Waals surface area contributed by atoms with E-state index in [-0.39, 0.29) is 13.0 Å². The summed E-state index contributed by atoms with van der Waals surface area (Å²) < 4.78 is 0. The lowest BCUT2D eigenvalue weighted by Gasteiger charge is -2.21. The van der Waals surface area contributed by atoms with Gasteiger partial charge in [0.2, 0.25) is 23.6 Å². The average Bonchev–Trinajstić information content (AvgIpc) is 2.99. The maximum absolute atomic E-state index is 11.9. The Bertz CT molecular complexity index is 537. The Balaban J connectivity index is 2.33. The minimum absolute atomic E-state index is 0.324. The van der Waals surface area contributed by atoms with Crippen LogP contribution < -0.4 is 22.1 Å². The van der Waals surface area contributed by atoms with Gasteiger partial charge in [-0.2, -0.15) is 0 Å². The molecule has 0 bridgehead atoms. The number of carboxylic acid groups (broad SMARTS) is 1. The van der Waals surface area contributed by atoms with Gasteiger partial charge in [0.05, 0.1) is 25.6 Å². The number of carboxylic acids is 1. The first-order valence-corrected chi connectivity index (χ1v) is 7.33. The molecule has 11 nitrogen and oxygen atoms in total. The van der Waals surface area contributed by atoms with Crippen LogP contribution in [-0.4, -0.2) is 71.3 Å². The van der Waals surface area contributed by atoms with E-state index >= 15 is 0 Å². The van der Waals surface area contributed by atoms with Crippen molar-refractivity contribution in [2.24, 2.45) is 11.5 Å². The first-order chi connectivity index (χ1) is 11.2. The predicted octanol–water partition coefficient (Wildman–Crippen LogP) is -3.50. The maximum atomic E-state index is 11.9. The van der Waals surface area contributed by atoms with Gasteiger partial charge in [-0.3, -0.25) is 19.2 Å². The molecular weight excluding hydrogens is 322 g/mol. The summed E-state index contributed by atoms with van der Waals surface area (Å²) in [4.78, 5) is 57.8. The van der Waals surface area contributed by atoms with E-state index in [1.165, 1.54) is 4.90 Å². The fraction of sp³-hybridized carbons (Fsp3) is 0.615. The van der Waals surface area contributed by atoms with E-state index in [9.17, 15) is 24.0 Å². The number of amides is 4. The number of nitrogens with two attached hydrogens (primary N) is 2. The summed E-state index contributed by atoms with van der Waals surface area (Å²) >= 11 is 0. The van der Waals surface area contributed by atoms with Crippen LogP contribution in [0, 0.1) is 0 Å². The van der Waals surface area contributed by atoms with Gasteiger partial charge in [-0.15, -0.1) is 0 Å². The van der Waals surface area contributed by atoms with E-state index in [2.05, 4.69) is 10.6 Å². The molecule has 0 aliphatic carbocycles. The first-order valence-electron chi connectivity index (χ1n) is 7.33. The van der Waals surface area contributed by atoms with Crippen LogP contribution >= 0.6 is 0 Å². The number of hydrogen-bond acceptors (Lipinski definition) is 6. The SMILES string of the molecule is NC(=O)C[C@H](N)C(=O)NCC(=O)NCC(=O)N1CCC[C@H]1C(=O)O. The third kappa shape index (κ3) is 5.83. The van der Waals surface area contributed by atoms with Crippen LogP contribution in [0.3, 0.4) is 0 Å². The van der Waals surface area contributed by atoms with E-state index in [4.69, 9.17) is 16.6 Å². The largest absolute Gasteiger partial charge is 0.480 e. The Hall–Kier alpha value is -2.69. The molecule has 1 aliphatic rings. The topological polar surface area (TPSA) is 185 Å². The molecule has 7 N–H and O–H groups in total. The molecule has 134 valence electrons. The lowest BCUT2D eigenvalue weighted by Crippen LogP contribution is -2.49. The van der Waals surface area contributed by atoms with Crippen molar-refractivity contribution in [3.05, 3.63) is 0 Å². The fourth-order valence-electron chi connectivity index (χ4n) is 2.27. The predicted molar refractivity (Wildman–Crippen MR) is 80.2 cm³/mol. The number of hydrogen-bond donors (Lipinski definition) is 5. The summed E-state index contributed by atoms with van der Waals surface area (Å²) in [6, 6.07) is -2.03. The molecule has 0 aromatic heterocycles. The molecule has 24 heavy (non-hydrogen) atoms. The van der Waals surface area contributed by atoms with Gasteiger partial charge in [-0.25, -0.2) is 4.79 Å². The van der Waals surface area contributed by atoms with E-state index < -0.39 is 48.2 Å². The molecule has 1 rings (SSSR count). The Morgan fingerprint density at radius 2 is 1.83 bits per heavy atom. The molecule has 1 fully saturated rings. The number of carbonyl (C=O) groups is 5. The number of primary amides is 1. The van der Waals surface area contributed by atoms with Crippen molar-refractivity contribution in [3.8, 4) is 0 Å². The third-order valence-corrected chi connectivity index (χ3v) is 3.48. The molecule has 4 amide bonds. The van der Waals surface area contributed by atoms with Crippen molar-refractivity contribution in [3.63, 3.8) is 0 Å². The molecule has 0 aromatic rings. The molecular formula is C13H21N5O6. The second-order valence-electron chi connectivity index (χ2n) is 5.35. The average molecular weight is 343 g/mol. The maximum Gasteiger partial charge on any atom is 0.326 e. The molecule has 0 saturated carbocycles. The lowest BCUT2D eigenvalue weighted by atomic mass is 10.2. The van der Waals surface area contributed by atoms with Crippen LogP contribution in [0.25, 0.3) is 0 Å². The summed E-state index contributed by atoms with van der Waals surface area (Å²) in [6.07, 6.45) is 0.616. The van der Waals surface area contributed by atoms with E-state index in [1.54, 1.807) is 0 Å². The minimum atomic E-state index is -1.15. The van der Waals surface area contributed by atoms with Gasteiger partial charge in [0, 0.05) is 6.54 Å². The quantitative estimate of drug-likeness (QED) is 0.302. The highest BCUT2D eigenvalue weighted by Crippen LogP contribution is 2.17. The van der Waals surface area contributed by atoms with Crippen LogP contribution in [0.5, 0.6) is 0 Å². The summed E-state index contributed by atoms with van der Waals surface area (Å²) in [6.45, 7) is -0.475. The number of carbonyl (C=O) groups excluding carboxylic acids is 4. The first kappa shape index (κ1) is 19.4. The smallest absolute Gasteiger partial charge is 0.326 e. The van der Waals surface area contributed by atoms with Gasteiger partial charge >= 0.3 is 5.97 Å². The highest BCUT2D eigenvalue weighted by Gasteiger charge is 2.33. The monoisotopic (exact) mass is 343 g/mol. The zero-order chi connectivity index (χ0) is 18.3. The number of likely N-dealkylation sites (tertiary alicyclic amines) is 1. The molecule has 1 saturated heterocycles. The third-order valence-electron chi connectivity index (χ3n) is 3.48. The van der Waals surface area contributed by atoms with E-state index in [1.807, 2.05) is 0 Å². The van der Waals surface area contributed by atoms with Crippen LogP contribution in [0.1, 0.15) is 19.3 Å². The number of nitrogens with zero attached hydrogens (tertiary/aromatic N) is 1. The fourth-order valence-corrected chi connectivity index (χ4v) is 2.27. The normalized spacial score (nSPS) is 17.9. The van der Waals surface area contributed by atoms with Crippen molar-refractivity contribution in [1.82, 2.24) is 15.5 Å². The van der Waals surface area contributed by atoms with Gasteiger partial charge < -0.3 is 32.1 Å². The van der Waals surface area contributed by atoms with Crippen molar-refractivity contribution in [2.75, 3.05) is 19.6 Å². The van der Waals surface area contributed by atoms with Crippen LogP contribution in [0.15, 0.2) is 0 Å². The van der Waals surface area contributed by atoms with Crippen molar-refractivity contribution in [1.29, 1.82) is 0 Å². The number of nitrogens with one attached hydrogen (secondary N) is 2. The van der Waals surface area contributed by atoms with Crippen molar-refractivity contribution in [2.45, 2.75) is 31.3 Å². The highest BCUT2D eigenvalue weighted by atomic mass is 16.4. The molecule has 2 atom stereocenters. The van der Waals surface area contributed by atoms with Crippen LogP contribution in [-0.2, 0) is 24.0 Å². The van der Waals surface area contributed by atoms with Crippen LogP contribution in [0.2, 0.25) is 0 Å². The van der Waals surface area contributed by atoms with Crippen molar-refractivity contribution >= 4 is 29.6 Å². The van der Waals surface area contributed by atoms with E-state index in [0.717, 1.165) is 0 Å². The number of aliphatic carboxylic acids is 1. The van der Waals surface area contributed by atoms with Gasteiger partial charge in [-0.05, 0) is 12.8 Å². The Kier molecular flexibility index (Phi) is 7.11. The highest BCUT2D eigenvalue weighted by molar-refractivity contribution is 5.92. The molecule has 11 heteroatoms. The van der Waals surface area contributed by atoms with Gasteiger partial charge in [0.25, 0.3) is 0 Å². The van der Waals surface area contributed by atoms with Gasteiger partial charge in [0.15, 0.2) is 0 Å². The minimum Gasteiger partial charge on any atom is -0.480 e. The second kappa shape index (κ2) is 8.82. The molecule has 0 unspecified atom stereocenters. The zero-order valence-electron chi connectivity index (χ0n) is 13.0. The summed E-state index contributed by atoms with van der Waals surface area (Å²) in [5.74, 6) is -3.70. The Labute approximate surface area is 137 Å². The summed E-state index contributed by atoms with van der Waals surface area (Å²) in [5.41, 5.74) is 10.3. The van der Waals surface area contributed by atoms with Crippen LogP contribution in [0.4, 0.5) is 0 Å². The lowest BCUT2D eigenvalue weighted by molar-refractivity contribution is -0.148. The van der Waals surface area contributed by atoms with Gasteiger partial charge in [-0.1, -0.05) is 0 Å². The molecule has 0 radical (unpaired) electrons. The van der Waals surface area contributed by atoms with Gasteiger partial charge in [0.1, 0.15) is 6.04 Å². The summed E-state index contributed by atoms with van der Waals surface area (Å²) in [7, 11) is 0.